The van der Waals surface area contributed by atoms with Gasteiger partial charge < -0.3 is 9.47 Å². The normalized spacial score (nSPS) is 9.50. The van der Waals surface area contributed by atoms with Crippen molar-refractivity contribution in [1.82, 2.24) is 0 Å². The van der Waals surface area contributed by atoms with Gasteiger partial charge in [-0.2, -0.15) is 0 Å². The average Bonchev–Trinajstić information content (AvgIpc) is 2.15. The largest absolute Gasteiger partial charge is 0.418 e. The Morgan fingerprint density at radius 2 is 1.19 bits per heavy atom. The summed E-state index contributed by atoms with van der Waals surface area (Å²) in [4.78, 5) is 22.5. The fourth-order valence-electron chi connectivity index (χ4n) is 0.621. The smallest absolute Gasteiger partial charge is 0.336 e. The van der Waals surface area contributed by atoms with Gasteiger partial charge in [-0.3, -0.25) is 0 Å². The molecule has 0 aromatic rings. The molecule has 0 heterocycles. The van der Waals surface area contributed by atoms with Crippen LogP contribution in [0, 0.1) is 0 Å². The van der Waals surface area contributed by atoms with E-state index in [2.05, 4.69) is 19.7 Å². The summed E-state index contributed by atoms with van der Waals surface area (Å²) in [6, 6.07) is 0. The Labute approximate surface area is 95.2 Å². The Kier molecular flexibility index (Phi) is 5.22. The molecule has 0 spiro atoms. The minimum atomic E-state index is -1.10. The molecule has 0 saturated heterocycles. The fourth-order valence-corrected chi connectivity index (χ4v) is 0.621. The first-order valence-corrected chi connectivity index (χ1v) is 4.64. The molecule has 0 amide bonds. The summed E-state index contributed by atoms with van der Waals surface area (Å²) in [6.45, 7) is 15.0. The standard InChI is InChI=1S/C12H16O4/c1-7(2)10(13)15-12(9(5)6)16-11(14)8(3)4/h12H,1,3,5H2,2,4,6H3. The van der Waals surface area contributed by atoms with Crippen LogP contribution in [0.2, 0.25) is 0 Å². The van der Waals surface area contributed by atoms with Gasteiger partial charge in [-0.15, -0.1) is 0 Å². The van der Waals surface area contributed by atoms with Gasteiger partial charge >= 0.3 is 11.9 Å². The van der Waals surface area contributed by atoms with Crippen molar-refractivity contribution in [2.75, 3.05) is 0 Å². The van der Waals surface area contributed by atoms with Crippen LogP contribution in [0.4, 0.5) is 0 Å². The predicted octanol–water partition coefficient (Wildman–Crippen LogP) is 2.13. The van der Waals surface area contributed by atoms with Crippen LogP contribution in [0.15, 0.2) is 36.5 Å². The average molecular weight is 224 g/mol. The Balaban J connectivity index is 4.58. The van der Waals surface area contributed by atoms with Crippen molar-refractivity contribution in [2.45, 2.75) is 27.1 Å². The molecule has 4 nitrogen and oxygen atoms in total. The van der Waals surface area contributed by atoms with Crippen molar-refractivity contribution in [3.63, 3.8) is 0 Å². The molecule has 0 aliphatic carbocycles. The zero-order chi connectivity index (χ0) is 12.9. The highest BCUT2D eigenvalue weighted by molar-refractivity contribution is 5.88. The monoisotopic (exact) mass is 224 g/mol. The lowest BCUT2D eigenvalue weighted by molar-refractivity contribution is -0.175. The zero-order valence-corrected chi connectivity index (χ0v) is 9.83. The number of ether oxygens (including phenoxy) is 2. The van der Waals surface area contributed by atoms with E-state index in [0.717, 1.165) is 0 Å². The molecule has 0 aromatic carbocycles. The zero-order valence-electron chi connectivity index (χ0n) is 9.83. The van der Waals surface area contributed by atoms with Crippen molar-refractivity contribution in [3.05, 3.63) is 36.5 Å². The minimum absolute atomic E-state index is 0.220. The van der Waals surface area contributed by atoms with Gasteiger partial charge in [0.25, 0.3) is 6.29 Å². The lowest BCUT2D eigenvalue weighted by Gasteiger charge is -2.18. The van der Waals surface area contributed by atoms with Gasteiger partial charge in [-0.25, -0.2) is 9.59 Å². The number of esters is 2. The second-order valence-electron chi connectivity index (χ2n) is 3.55. The number of rotatable bonds is 5. The molecule has 0 radical (unpaired) electrons. The summed E-state index contributed by atoms with van der Waals surface area (Å²) in [5.41, 5.74) is 0.847. The highest BCUT2D eigenvalue weighted by atomic mass is 16.7. The molecular formula is C12H16O4. The van der Waals surface area contributed by atoms with Gasteiger partial charge in [0.1, 0.15) is 0 Å². The Bertz CT molecular complexity index is 324. The maximum absolute atomic E-state index is 11.2. The first kappa shape index (κ1) is 14.2. The van der Waals surface area contributed by atoms with Gasteiger partial charge in [0.2, 0.25) is 0 Å². The Morgan fingerprint density at radius 1 is 0.875 bits per heavy atom. The van der Waals surface area contributed by atoms with Crippen LogP contribution in [-0.4, -0.2) is 18.2 Å². The van der Waals surface area contributed by atoms with Crippen molar-refractivity contribution < 1.29 is 19.1 Å². The van der Waals surface area contributed by atoms with E-state index in [4.69, 9.17) is 9.47 Å². The molecule has 0 atom stereocenters. The summed E-state index contributed by atoms with van der Waals surface area (Å²) < 4.78 is 9.74. The van der Waals surface area contributed by atoms with Crippen LogP contribution in [-0.2, 0) is 19.1 Å². The third kappa shape index (κ3) is 4.59. The van der Waals surface area contributed by atoms with E-state index in [1.165, 1.54) is 13.8 Å². The highest BCUT2D eigenvalue weighted by Crippen LogP contribution is 2.10. The third-order valence-corrected chi connectivity index (χ3v) is 1.53. The van der Waals surface area contributed by atoms with Crippen molar-refractivity contribution in [1.29, 1.82) is 0 Å². The van der Waals surface area contributed by atoms with Crippen molar-refractivity contribution >= 4 is 11.9 Å². The molecule has 0 unspecified atom stereocenters. The van der Waals surface area contributed by atoms with Crippen molar-refractivity contribution in [3.8, 4) is 0 Å². The molecule has 0 bridgehead atoms. The summed E-state index contributed by atoms with van der Waals surface area (Å²) in [5.74, 6) is -1.27. The van der Waals surface area contributed by atoms with Gasteiger partial charge in [-0.05, 0) is 20.8 Å². The summed E-state index contributed by atoms with van der Waals surface area (Å²) >= 11 is 0. The van der Waals surface area contributed by atoms with E-state index in [1.54, 1.807) is 6.92 Å². The van der Waals surface area contributed by atoms with Gasteiger partial charge in [-0.1, -0.05) is 19.7 Å². The molecule has 16 heavy (non-hydrogen) atoms. The third-order valence-electron chi connectivity index (χ3n) is 1.53. The molecule has 4 heteroatoms. The first-order chi connectivity index (χ1) is 7.25. The Hall–Kier alpha value is -1.84. The van der Waals surface area contributed by atoms with E-state index in [0.29, 0.717) is 5.57 Å². The van der Waals surface area contributed by atoms with Crippen LogP contribution >= 0.6 is 0 Å². The number of carbonyl (C=O) groups is 2. The molecule has 0 saturated carbocycles. The molecule has 0 aromatic heterocycles. The first-order valence-electron chi connectivity index (χ1n) is 4.64. The van der Waals surface area contributed by atoms with E-state index in [1.807, 2.05) is 0 Å². The summed E-state index contributed by atoms with van der Waals surface area (Å²) in [6.07, 6.45) is -1.10. The predicted molar refractivity (Wildman–Crippen MR) is 60.4 cm³/mol. The second-order valence-corrected chi connectivity index (χ2v) is 3.55. The number of hydrogen-bond acceptors (Lipinski definition) is 4. The maximum Gasteiger partial charge on any atom is 0.336 e. The van der Waals surface area contributed by atoms with Crippen LogP contribution in [0.1, 0.15) is 20.8 Å². The van der Waals surface area contributed by atoms with Gasteiger partial charge in [0, 0.05) is 16.7 Å². The van der Waals surface area contributed by atoms with E-state index in [-0.39, 0.29) is 11.1 Å². The van der Waals surface area contributed by atoms with Crippen molar-refractivity contribution in [2.24, 2.45) is 0 Å². The van der Waals surface area contributed by atoms with Crippen LogP contribution < -0.4 is 0 Å². The molecule has 0 N–H and O–H groups in total. The fraction of sp³-hybridized carbons (Fsp3) is 0.333. The Morgan fingerprint density at radius 3 is 1.38 bits per heavy atom. The van der Waals surface area contributed by atoms with Crippen LogP contribution in [0.5, 0.6) is 0 Å². The lowest BCUT2D eigenvalue weighted by Crippen LogP contribution is -2.25. The van der Waals surface area contributed by atoms with E-state index in [9.17, 15) is 9.59 Å². The minimum Gasteiger partial charge on any atom is -0.418 e. The van der Waals surface area contributed by atoms with E-state index >= 15 is 0 Å². The maximum atomic E-state index is 11.2. The second kappa shape index (κ2) is 5.90. The highest BCUT2D eigenvalue weighted by Gasteiger charge is 2.20. The molecule has 0 aliphatic heterocycles. The van der Waals surface area contributed by atoms with Gasteiger partial charge in [0.15, 0.2) is 0 Å². The molecule has 0 rings (SSSR count). The van der Waals surface area contributed by atoms with E-state index < -0.39 is 18.2 Å². The summed E-state index contributed by atoms with van der Waals surface area (Å²) in [7, 11) is 0. The van der Waals surface area contributed by atoms with Crippen LogP contribution in [0.25, 0.3) is 0 Å². The summed E-state index contributed by atoms with van der Waals surface area (Å²) in [5, 5.41) is 0. The topological polar surface area (TPSA) is 52.6 Å². The molecule has 88 valence electrons. The quantitative estimate of drug-likeness (QED) is 0.310. The molecule has 0 fully saturated rings. The van der Waals surface area contributed by atoms with Gasteiger partial charge in [0.05, 0.1) is 0 Å². The molecular weight excluding hydrogens is 208 g/mol. The van der Waals surface area contributed by atoms with Crippen LogP contribution in [0.3, 0.4) is 0 Å². The lowest BCUT2D eigenvalue weighted by atomic mass is 10.3. The SMILES string of the molecule is C=C(C)C(=O)OC(OC(=O)C(=C)C)C(=C)C. The number of hydrogen-bond donors (Lipinski definition) is 0. The molecule has 0 aliphatic rings. The number of carbonyl (C=O) groups excluding carboxylic acids is 2.